The normalized spacial score (nSPS) is 9.58. The van der Waals surface area contributed by atoms with Crippen LogP contribution >= 0.6 is 0 Å². The molecule has 0 saturated heterocycles. The molecule has 1 rings (SSSR count). The van der Waals surface area contributed by atoms with Crippen LogP contribution in [0.1, 0.15) is 10.4 Å². The van der Waals surface area contributed by atoms with Crippen LogP contribution in [0.3, 0.4) is 0 Å². The molecule has 0 radical (unpaired) electrons. The van der Waals surface area contributed by atoms with E-state index in [1.807, 2.05) is 0 Å². The molecule has 1 aromatic heterocycles. The fourth-order valence-electron chi connectivity index (χ4n) is 1.32. The fraction of sp³-hybridized carbons (Fsp3) is 0.333. The zero-order valence-electron chi connectivity index (χ0n) is 10.7. The van der Waals surface area contributed by atoms with E-state index in [0.717, 1.165) is 4.90 Å². The average Bonchev–Trinajstić information content (AvgIpc) is 2.46. The SMILES string of the molecule is COC(=O)CN(CC(=O)OC)C(=O)c1ccncc1. The van der Waals surface area contributed by atoms with E-state index >= 15 is 0 Å². The molecule has 0 saturated carbocycles. The second-order valence-corrected chi connectivity index (χ2v) is 3.55. The quantitative estimate of drug-likeness (QED) is 0.690. The lowest BCUT2D eigenvalue weighted by Gasteiger charge is -2.19. The third kappa shape index (κ3) is 4.38. The Balaban J connectivity index is 2.86. The number of ether oxygens (including phenoxy) is 2. The Hall–Kier alpha value is -2.44. The van der Waals surface area contributed by atoms with Gasteiger partial charge < -0.3 is 14.4 Å². The van der Waals surface area contributed by atoms with Crippen LogP contribution < -0.4 is 0 Å². The average molecular weight is 266 g/mol. The third-order valence-corrected chi connectivity index (χ3v) is 2.31. The number of hydrogen-bond donors (Lipinski definition) is 0. The lowest BCUT2D eigenvalue weighted by molar-refractivity contribution is -0.144. The van der Waals surface area contributed by atoms with E-state index in [1.165, 1.54) is 38.7 Å². The molecule has 7 nitrogen and oxygen atoms in total. The molecule has 0 atom stereocenters. The maximum absolute atomic E-state index is 12.1. The maximum Gasteiger partial charge on any atom is 0.325 e. The van der Waals surface area contributed by atoms with Crippen LogP contribution in [0.25, 0.3) is 0 Å². The second kappa shape index (κ2) is 7.10. The van der Waals surface area contributed by atoms with Gasteiger partial charge in [-0.15, -0.1) is 0 Å². The Morgan fingerprint density at radius 3 is 1.95 bits per heavy atom. The van der Waals surface area contributed by atoms with Crippen molar-refractivity contribution in [3.8, 4) is 0 Å². The van der Waals surface area contributed by atoms with Crippen molar-refractivity contribution in [2.24, 2.45) is 0 Å². The first kappa shape index (κ1) is 14.6. The van der Waals surface area contributed by atoms with Crippen LogP contribution in [0.15, 0.2) is 24.5 Å². The smallest absolute Gasteiger partial charge is 0.325 e. The van der Waals surface area contributed by atoms with Crippen LogP contribution in [-0.2, 0) is 19.1 Å². The predicted molar refractivity (Wildman–Crippen MR) is 64.2 cm³/mol. The van der Waals surface area contributed by atoms with Gasteiger partial charge in [0.1, 0.15) is 13.1 Å². The molecule has 1 aromatic rings. The van der Waals surface area contributed by atoms with Gasteiger partial charge in [0, 0.05) is 18.0 Å². The zero-order valence-corrected chi connectivity index (χ0v) is 10.7. The van der Waals surface area contributed by atoms with Crippen molar-refractivity contribution in [2.75, 3.05) is 27.3 Å². The number of nitrogens with zero attached hydrogens (tertiary/aromatic N) is 2. The van der Waals surface area contributed by atoms with Gasteiger partial charge in [0.05, 0.1) is 14.2 Å². The monoisotopic (exact) mass is 266 g/mol. The molecular formula is C12H14N2O5. The summed E-state index contributed by atoms with van der Waals surface area (Å²) >= 11 is 0. The molecule has 0 spiro atoms. The van der Waals surface area contributed by atoms with Gasteiger partial charge in [0.25, 0.3) is 5.91 Å². The fourth-order valence-corrected chi connectivity index (χ4v) is 1.32. The van der Waals surface area contributed by atoms with Crippen molar-refractivity contribution in [1.29, 1.82) is 0 Å². The minimum Gasteiger partial charge on any atom is -0.468 e. The molecular weight excluding hydrogens is 252 g/mol. The Morgan fingerprint density at radius 2 is 1.53 bits per heavy atom. The summed E-state index contributed by atoms with van der Waals surface area (Å²) in [5.74, 6) is -1.71. The molecule has 102 valence electrons. The molecule has 0 fully saturated rings. The van der Waals surface area contributed by atoms with Crippen LogP contribution in [0.4, 0.5) is 0 Å². The van der Waals surface area contributed by atoms with Gasteiger partial charge in [-0.3, -0.25) is 19.4 Å². The summed E-state index contributed by atoms with van der Waals surface area (Å²) < 4.78 is 8.97. The van der Waals surface area contributed by atoms with Crippen molar-refractivity contribution in [1.82, 2.24) is 9.88 Å². The molecule has 19 heavy (non-hydrogen) atoms. The number of pyridine rings is 1. The minimum absolute atomic E-state index is 0.322. The second-order valence-electron chi connectivity index (χ2n) is 3.55. The first-order valence-electron chi connectivity index (χ1n) is 5.41. The number of hydrogen-bond acceptors (Lipinski definition) is 6. The van der Waals surface area contributed by atoms with E-state index in [4.69, 9.17) is 0 Å². The molecule has 0 aliphatic heterocycles. The van der Waals surface area contributed by atoms with Crippen molar-refractivity contribution in [3.05, 3.63) is 30.1 Å². The van der Waals surface area contributed by atoms with Gasteiger partial charge in [0.2, 0.25) is 0 Å². The van der Waals surface area contributed by atoms with Crippen molar-refractivity contribution in [3.63, 3.8) is 0 Å². The largest absolute Gasteiger partial charge is 0.468 e. The van der Waals surface area contributed by atoms with E-state index in [9.17, 15) is 14.4 Å². The Morgan fingerprint density at radius 1 is 1.05 bits per heavy atom. The number of rotatable bonds is 5. The summed E-state index contributed by atoms with van der Waals surface area (Å²) in [4.78, 5) is 39.5. The summed E-state index contributed by atoms with van der Waals surface area (Å²) in [7, 11) is 2.41. The summed E-state index contributed by atoms with van der Waals surface area (Å²) in [6.07, 6.45) is 2.89. The van der Waals surface area contributed by atoms with Gasteiger partial charge in [-0.1, -0.05) is 0 Å². The lowest BCUT2D eigenvalue weighted by Crippen LogP contribution is -2.40. The number of carbonyl (C=O) groups is 3. The first-order valence-corrected chi connectivity index (χ1v) is 5.41. The number of aromatic nitrogens is 1. The standard InChI is InChI=1S/C12H14N2O5/c1-18-10(15)7-14(8-11(16)19-2)12(17)9-3-5-13-6-4-9/h3-6H,7-8H2,1-2H3. The molecule has 0 aromatic carbocycles. The first-order chi connectivity index (χ1) is 9.08. The van der Waals surface area contributed by atoms with E-state index in [2.05, 4.69) is 14.5 Å². The molecule has 1 heterocycles. The van der Waals surface area contributed by atoms with E-state index in [0.29, 0.717) is 5.56 Å². The molecule has 0 unspecified atom stereocenters. The van der Waals surface area contributed by atoms with Gasteiger partial charge in [-0.2, -0.15) is 0 Å². The van der Waals surface area contributed by atoms with Gasteiger partial charge in [-0.05, 0) is 12.1 Å². The number of esters is 2. The van der Waals surface area contributed by atoms with Gasteiger partial charge >= 0.3 is 11.9 Å². The van der Waals surface area contributed by atoms with Gasteiger partial charge in [0.15, 0.2) is 0 Å². The van der Waals surface area contributed by atoms with Crippen molar-refractivity contribution in [2.45, 2.75) is 0 Å². The zero-order chi connectivity index (χ0) is 14.3. The highest BCUT2D eigenvalue weighted by atomic mass is 16.5. The highest BCUT2D eigenvalue weighted by Gasteiger charge is 2.22. The summed E-state index contributed by atoms with van der Waals surface area (Å²) in [6.45, 7) is -0.653. The molecule has 0 bridgehead atoms. The van der Waals surface area contributed by atoms with Gasteiger partial charge in [-0.25, -0.2) is 0 Å². The summed E-state index contributed by atoms with van der Waals surface area (Å²) in [5.41, 5.74) is 0.322. The number of amides is 1. The Bertz CT molecular complexity index is 442. The Kier molecular flexibility index (Phi) is 5.46. The van der Waals surface area contributed by atoms with E-state index in [-0.39, 0.29) is 13.1 Å². The van der Waals surface area contributed by atoms with Crippen LogP contribution in [0.2, 0.25) is 0 Å². The maximum atomic E-state index is 12.1. The van der Waals surface area contributed by atoms with Crippen molar-refractivity contribution >= 4 is 17.8 Å². The Labute approximate surface area is 110 Å². The topological polar surface area (TPSA) is 85.8 Å². The molecule has 1 amide bonds. The third-order valence-electron chi connectivity index (χ3n) is 2.31. The molecule has 7 heteroatoms. The summed E-state index contributed by atoms with van der Waals surface area (Å²) in [6, 6.07) is 2.98. The lowest BCUT2D eigenvalue weighted by atomic mass is 10.2. The molecule has 0 N–H and O–H groups in total. The molecule has 0 aliphatic carbocycles. The minimum atomic E-state index is -0.619. The van der Waals surface area contributed by atoms with E-state index in [1.54, 1.807) is 0 Å². The number of methoxy groups -OCH3 is 2. The highest BCUT2D eigenvalue weighted by molar-refractivity contribution is 5.97. The number of carbonyl (C=O) groups excluding carboxylic acids is 3. The molecule has 0 aliphatic rings. The summed E-state index contributed by atoms with van der Waals surface area (Å²) in [5, 5.41) is 0. The van der Waals surface area contributed by atoms with E-state index < -0.39 is 17.8 Å². The highest BCUT2D eigenvalue weighted by Crippen LogP contribution is 2.04. The van der Waals surface area contributed by atoms with Crippen LogP contribution in [-0.4, -0.2) is 55.0 Å². The van der Waals surface area contributed by atoms with Crippen LogP contribution in [0.5, 0.6) is 0 Å². The predicted octanol–water partition coefficient (Wildman–Crippen LogP) is -0.130. The van der Waals surface area contributed by atoms with Crippen molar-refractivity contribution < 1.29 is 23.9 Å². The van der Waals surface area contributed by atoms with Crippen LogP contribution in [0, 0.1) is 0 Å².